The highest BCUT2D eigenvalue weighted by atomic mass is 16.6. The second-order valence-electron chi connectivity index (χ2n) is 11.1. The van der Waals surface area contributed by atoms with E-state index in [2.05, 4.69) is 17.9 Å². The first-order valence-corrected chi connectivity index (χ1v) is 13.5. The Kier molecular flexibility index (Phi) is 7.24. The zero-order chi connectivity index (χ0) is 26.3. The summed E-state index contributed by atoms with van der Waals surface area (Å²) in [4.78, 5) is 27.8. The van der Waals surface area contributed by atoms with Crippen LogP contribution in [0.2, 0.25) is 0 Å². The van der Waals surface area contributed by atoms with Gasteiger partial charge in [-0.25, -0.2) is 4.79 Å². The number of aliphatic hydroxyl groups excluding tert-OH is 1. The van der Waals surface area contributed by atoms with E-state index < -0.39 is 12.1 Å². The van der Waals surface area contributed by atoms with Crippen LogP contribution >= 0.6 is 0 Å². The molecule has 0 amide bonds. The summed E-state index contributed by atoms with van der Waals surface area (Å²) in [6.45, 7) is 5.69. The summed E-state index contributed by atoms with van der Waals surface area (Å²) >= 11 is 0. The molecule has 5 rings (SSSR count). The van der Waals surface area contributed by atoms with Crippen LogP contribution in [0, 0.1) is 17.8 Å². The molecule has 2 saturated carbocycles. The standard InChI is InChI=1S/C29H39NO7/c1-17-16-29-21-7-5-11-30(29)12-6-8-22(29)25(15-20(21)27(17)36-18(2)31)37-28(33)23(32)13-19-9-10-24(34-3)26(14-19)35-4/h7,9-10,14,17,20,22-23,25,27,32H,5-6,8,11-13,15-16H2,1-4H3/t17-,20-,22+,23?,25-,27+,29+/m0/s1. The van der Waals surface area contributed by atoms with E-state index in [1.54, 1.807) is 26.4 Å². The molecule has 1 saturated heterocycles. The average molecular weight is 514 g/mol. The molecular weight excluding hydrogens is 474 g/mol. The van der Waals surface area contributed by atoms with Gasteiger partial charge < -0.3 is 24.1 Å². The van der Waals surface area contributed by atoms with Gasteiger partial charge in [-0.1, -0.05) is 19.1 Å². The van der Waals surface area contributed by atoms with Gasteiger partial charge in [-0.15, -0.1) is 0 Å². The maximum atomic E-state index is 13.2. The second kappa shape index (κ2) is 10.3. The number of methoxy groups -OCH3 is 2. The number of hydrogen-bond donors (Lipinski definition) is 1. The number of benzene rings is 1. The molecule has 2 aliphatic carbocycles. The molecule has 8 heteroatoms. The van der Waals surface area contributed by atoms with Crippen molar-refractivity contribution in [1.29, 1.82) is 0 Å². The molecule has 1 spiro atoms. The van der Waals surface area contributed by atoms with Crippen molar-refractivity contribution < 1.29 is 33.6 Å². The summed E-state index contributed by atoms with van der Waals surface area (Å²) in [6, 6.07) is 5.34. The highest BCUT2D eigenvalue weighted by Crippen LogP contribution is 2.59. The van der Waals surface area contributed by atoms with E-state index >= 15 is 0 Å². The van der Waals surface area contributed by atoms with Gasteiger partial charge in [-0.05, 0) is 67.8 Å². The second-order valence-corrected chi connectivity index (χ2v) is 11.1. The molecule has 7 atom stereocenters. The smallest absolute Gasteiger partial charge is 0.335 e. The van der Waals surface area contributed by atoms with Crippen LogP contribution in [0.1, 0.15) is 51.5 Å². The lowest BCUT2D eigenvalue weighted by Crippen LogP contribution is -2.71. The van der Waals surface area contributed by atoms with Crippen molar-refractivity contribution in [3.8, 4) is 11.5 Å². The first-order chi connectivity index (χ1) is 17.8. The highest BCUT2D eigenvalue weighted by molar-refractivity contribution is 5.75. The molecule has 3 fully saturated rings. The zero-order valence-corrected chi connectivity index (χ0v) is 22.3. The quantitative estimate of drug-likeness (QED) is 0.439. The molecule has 8 nitrogen and oxygen atoms in total. The van der Waals surface area contributed by atoms with Gasteiger partial charge in [0.15, 0.2) is 17.6 Å². The lowest BCUT2D eigenvalue weighted by Gasteiger charge is -2.65. The van der Waals surface area contributed by atoms with Crippen LogP contribution in [0.5, 0.6) is 11.5 Å². The van der Waals surface area contributed by atoms with Crippen LogP contribution in [-0.4, -0.2) is 73.1 Å². The molecule has 2 heterocycles. The molecule has 4 aliphatic rings. The van der Waals surface area contributed by atoms with E-state index in [1.165, 1.54) is 12.5 Å². The zero-order valence-electron chi connectivity index (χ0n) is 22.3. The normalized spacial score (nSPS) is 33.4. The van der Waals surface area contributed by atoms with E-state index in [0.717, 1.165) is 44.3 Å². The molecule has 1 aromatic carbocycles. The van der Waals surface area contributed by atoms with Crippen LogP contribution in [0.25, 0.3) is 0 Å². The van der Waals surface area contributed by atoms with E-state index in [1.807, 2.05) is 6.07 Å². The Labute approximate surface area is 218 Å². The summed E-state index contributed by atoms with van der Waals surface area (Å²) in [7, 11) is 3.12. The molecular formula is C29H39NO7. The number of esters is 2. The summed E-state index contributed by atoms with van der Waals surface area (Å²) in [6.07, 6.45) is 5.18. The number of nitrogens with zero attached hydrogens (tertiary/aromatic N) is 1. The minimum absolute atomic E-state index is 0.0191. The van der Waals surface area contributed by atoms with Gasteiger partial charge in [0.1, 0.15) is 12.2 Å². The molecule has 2 aliphatic heterocycles. The molecule has 2 bridgehead atoms. The van der Waals surface area contributed by atoms with Gasteiger partial charge in [-0.2, -0.15) is 0 Å². The first kappa shape index (κ1) is 26.0. The molecule has 202 valence electrons. The summed E-state index contributed by atoms with van der Waals surface area (Å²) < 4.78 is 22.6. The minimum Gasteiger partial charge on any atom is -0.493 e. The third-order valence-corrected chi connectivity index (χ3v) is 9.03. The topological polar surface area (TPSA) is 94.5 Å². The van der Waals surface area contributed by atoms with Gasteiger partial charge in [-0.3, -0.25) is 9.69 Å². The van der Waals surface area contributed by atoms with Crippen molar-refractivity contribution in [2.24, 2.45) is 17.8 Å². The fourth-order valence-electron chi connectivity index (χ4n) is 7.72. The van der Waals surface area contributed by atoms with E-state index in [0.29, 0.717) is 17.9 Å². The van der Waals surface area contributed by atoms with Crippen LogP contribution in [0.4, 0.5) is 0 Å². The minimum atomic E-state index is -1.29. The van der Waals surface area contributed by atoms with Crippen molar-refractivity contribution in [2.75, 3.05) is 27.3 Å². The highest BCUT2D eigenvalue weighted by Gasteiger charge is 2.63. The average Bonchev–Trinajstić information content (AvgIpc) is 2.87. The van der Waals surface area contributed by atoms with Gasteiger partial charge in [0.25, 0.3) is 0 Å². The van der Waals surface area contributed by atoms with Crippen molar-refractivity contribution in [1.82, 2.24) is 4.90 Å². The van der Waals surface area contributed by atoms with Gasteiger partial charge in [0.05, 0.1) is 14.2 Å². The molecule has 1 unspecified atom stereocenters. The molecule has 1 N–H and O–H groups in total. The van der Waals surface area contributed by atoms with Crippen molar-refractivity contribution in [3.05, 3.63) is 35.4 Å². The number of aliphatic hydroxyl groups is 1. The number of piperidine rings is 1. The van der Waals surface area contributed by atoms with Crippen LogP contribution in [-0.2, 0) is 25.5 Å². The molecule has 0 aromatic heterocycles. The fourth-order valence-corrected chi connectivity index (χ4v) is 7.72. The summed E-state index contributed by atoms with van der Waals surface area (Å²) in [5.41, 5.74) is 1.98. The van der Waals surface area contributed by atoms with Gasteiger partial charge in [0.2, 0.25) is 0 Å². The molecule has 37 heavy (non-hydrogen) atoms. The Bertz CT molecular complexity index is 1070. The fraction of sp³-hybridized carbons (Fsp3) is 0.655. The maximum Gasteiger partial charge on any atom is 0.335 e. The van der Waals surface area contributed by atoms with Crippen molar-refractivity contribution >= 4 is 11.9 Å². The van der Waals surface area contributed by atoms with Crippen molar-refractivity contribution in [3.63, 3.8) is 0 Å². The molecule has 1 aromatic rings. The van der Waals surface area contributed by atoms with Gasteiger partial charge >= 0.3 is 11.9 Å². The first-order valence-electron chi connectivity index (χ1n) is 13.5. The summed E-state index contributed by atoms with van der Waals surface area (Å²) in [5, 5.41) is 10.8. The largest absolute Gasteiger partial charge is 0.493 e. The van der Waals surface area contributed by atoms with Crippen molar-refractivity contribution in [2.45, 2.75) is 76.2 Å². The molecule has 0 radical (unpaired) electrons. The lowest BCUT2D eigenvalue weighted by atomic mass is 9.51. The predicted octanol–water partition coefficient (Wildman–Crippen LogP) is 3.29. The van der Waals surface area contributed by atoms with Crippen LogP contribution in [0.3, 0.4) is 0 Å². The Morgan fingerprint density at radius 3 is 2.68 bits per heavy atom. The number of carbonyl (C=O) groups is 2. The van der Waals surface area contributed by atoms with Crippen LogP contribution in [0.15, 0.2) is 29.8 Å². The summed E-state index contributed by atoms with van der Waals surface area (Å²) in [5.74, 6) is 0.667. The number of hydrogen-bond acceptors (Lipinski definition) is 8. The third-order valence-electron chi connectivity index (χ3n) is 9.03. The third kappa shape index (κ3) is 4.52. The van der Waals surface area contributed by atoms with E-state index in [-0.39, 0.29) is 47.9 Å². The van der Waals surface area contributed by atoms with E-state index in [9.17, 15) is 14.7 Å². The Hall–Kier alpha value is -2.58. The van der Waals surface area contributed by atoms with Gasteiger partial charge in [0, 0.05) is 37.3 Å². The Balaban J connectivity index is 1.38. The Morgan fingerprint density at radius 1 is 1.16 bits per heavy atom. The monoisotopic (exact) mass is 513 g/mol. The Morgan fingerprint density at radius 2 is 1.95 bits per heavy atom. The lowest BCUT2D eigenvalue weighted by molar-refractivity contribution is -0.189. The number of rotatable bonds is 7. The van der Waals surface area contributed by atoms with Crippen LogP contribution < -0.4 is 9.47 Å². The number of ether oxygens (including phenoxy) is 4. The predicted molar refractivity (Wildman–Crippen MR) is 136 cm³/mol. The number of carbonyl (C=O) groups excluding carboxylic acids is 2. The maximum absolute atomic E-state index is 13.2. The SMILES string of the molecule is COc1ccc(CC(O)C(=O)O[C@H]2C[C@H]3C4=CCCN5CCC[C@H]2[C@@]45C[C@H](C)[C@H]3OC(C)=O)cc1OC. The van der Waals surface area contributed by atoms with E-state index in [4.69, 9.17) is 18.9 Å².